The Hall–Kier alpha value is -7.20. The summed E-state index contributed by atoms with van der Waals surface area (Å²) in [5.41, 5.74) is -2.74. The van der Waals surface area contributed by atoms with E-state index in [0.717, 1.165) is 72.1 Å². The molecule has 1 aromatic carbocycles. The van der Waals surface area contributed by atoms with Crippen molar-refractivity contribution in [2.24, 2.45) is 23.7 Å². The van der Waals surface area contributed by atoms with Crippen molar-refractivity contribution in [3.05, 3.63) is 34.3 Å². The first-order valence-corrected chi connectivity index (χ1v) is 36.6. The lowest BCUT2D eigenvalue weighted by molar-refractivity contribution is -0.160. The number of carbonyl (C=O) groups excluding carboxylic acids is 12. The highest BCUT2D eigenvalue weighted by Crippen LogP contribution is 2.39. The van der Waals surface area contributed by atoms with Gasteiger partial charge in [-0.05, 0) is 112 Å². The maximum Gasteiger partial charge on any atom is 0.417 e. The number of aryl methyl sites for hydroxylation is 1. The third-order valence-corrected chi connectivity index (χ3v) is 22.4. The number of hydrogen-bond donors (Lipinski definition) is 3. The van der Waals surface area contributed by atoms with Gasteiger partial charge in [-0.25, -0.2) is 8.78 Å². The van der Waals surface area contributed by atoms with Crippen molar-refractivity contribution in [1.29, 1.82) is 0 Å². The first-order valence-electron chi connectivity index (χ1n) is 36.2. The summed E-state index contributed by atoms with van der Waals surface area (Å²) in [6.45, 7) is 8.10. The van der Waals surface area contributed by atoms with E-state index in [1.54, 1.807) is 6.92 Å². The van der Waals surface area contributed by atoms with E-state index >= 15 is 19.2 Å². The number of benzene rings is 1. The highest BCUT2D eigenvalue weighted by molar-refractivity contribution is 6.31. The minimum Gasteiger partial charge on any atom is -0.347 e. The van der Waals surface area contributed by atoms with Gasteiger partial charge in [-0.3, -0.25) is 57.5 Å². The van der Waals surface area contributed by atoms with E-state index in [1.807, 2.05) is 20.8 Å². The minimum absolute atomic E-state index is 0.00309. The molecule has 0 bridgehead atoms. The first kappa shape index (κ1) is 83.7. The fourth-order valence-electron chi connectivity index (χ4n) is 15.2. The molecule has 0 unspecified atom stereocenters. The van der Waals surface area contributed by atoms with Gasteiger partial charge in [-0.1, -0.05) is 110 Å². The number of carbonyl (C=O) groups is 12. The van der Waals surface area contributed by atoms with Crippen LogP contribution in [0.15, 0.2) is 18.2 Å². The normalized spacial score (nSPS) is 27.0. The Balaban J connectivity index is 1.47. The Morgan fingerprint density at radius 2 is 1.28 bits per heavy atom. The summed E-state index contributed by atoms with van der Waals surface area (Å²) in [5, 5.41) is 7.71. The maximum atomic E-state index is 15.6. The van der Waals surface area contributed by atoms with Gasteiger partial charge in [-0.2, -0.15) is 13.2 Å². The monoisotopic (exact) mass is 1460 g/mol. The third-order valence-electron chi connectivity index (χ3n) is 22.1. The van der Waals surface area contributed by atoms with E-state index < -0.39 is 192 Å². The number of rotatable bonds is 14. The molecule has 2 heterocycles. The Kier molecular flexibility index (Phi) is 30.0. The molecule has 572 valence electrons. The summed E-state index contributed by atoms with van der Waals surface area (Å²) in [4.78, 5) is 190. The zero-order valence-corrected chi connectivity index (χ0v) is 62.7. The van der Waals surface area contributed by atoms with Gasteiger partial charge >= 0.3 is 6.18 Å². The Morgan fingerprint density at radius 3 is 1.83 bits per heavy atom. The highest BCUT2D eigenvalue weighted by Gasteiger charge is 2.52. The van der Waals surface area contributed by atoms with Crippen LogP contribution >= 0.6 is 11.6 Å². The SMILES string of the molecule is CC[C@H](C)[C@@H]1NC(=O)[C@H](CC(C)C)N(C)C(=O)C[C@@H](C(=O)N(C)C)N(C)C(=O)[C@H](C2CCCC2)N(C)C(=O)C2(CCCC2)NC(=O)[C@H](CCC(F)F)N(C)C(=O)[C@H](CCc2ccc(C(F)(F)F)c(Cl)c2)NC(=O)CN(C)C(=O)[C@H](CC2CCCCC2)N(C)C(=O)[C@@H]2CCN2C(=O)[C@H](C)N(C)C1=O. The van der Waals surface area contributed by atoms with Crippen molar-refractivity contribution in [3.8, 4) is 0 Å². The van der Waals surface area contributed by atoms with Gasteiger partial charge in [0.05, 0.1) is 23.6 Å². The highest BCUT2D eigenvalue weighted by atomic mass is 35.5. The molecule has 5 fully saturated rings. The molecule has 3 saturated carbocycles. The van der Waals surface area contributed by atoms with Crippen LogP contribution in [0.25, 0.3) is 0 Å². The summed E-state index contributed by atoms with van der Waals surface area (Å²) in [7, 11) is 12.3. The number of hydrogen-bond acceptors (Lipinski definition) is 12. The average molecular weight is 1470 g/mol. The molecule has 1 spiro atoms. The van der Waals surface area contributed by atoms with Crippen molar-refractivity contribution < 1.29 is 79.5 Å². The second-order valence-corrected chi connectivity index (χ2v) is 30.3. The summed E-state index contributed by atoms with van der Waals surface area (Å²) in [5.74, 6) is -10.4. The molecule has 3 aliphatic carbocycles. The second kappa shape index (κ2) is 36.5. The Morgan fingerprint density at radius 1 is 0.676 bits per heavy atom. The van der Waals surface area contributed by atoms with Crippen molar-refractivity contribution in [2.75, 3.05) is 76.5 Å². The number of likely N-dealkylation sites (N-methyl/N-ethyl adjacent to an activating group) is 8. The molecule has 24 nitrogen and oxygen atoms in total. The summed E-state index contributed by atoms with van der Waals surface area (Å²) in [6, 6.07) is -9.27. The van der Waals surface area contributed by atoms with Crippen LogP contribution in [0, 0.1) is 23.7 Å². The van der Waals surface area contributed by atoms with Gasteiger partial charge in [-0.15, -0.1) is 0 Å². The van der Waals surface area contributed by atoms with E-state index in [-0.39, 0.29) is 68.9 Å². The molecule has 1 aromatic rings. The molecule has 30 heteroatoms. The average Bonchev–Trinajstić information content (AvgIpc) is 1.66. The van der Waals surface area contributed by atoms with Gasteiger partial charge in [0.25, 0.3) is 0 Å². The molecular formula is C72H110ClF5N12O12. The molecule has 0 aromatic heterocycles. The van der Waals surface area contributed by atoms with Gasteiger partial charge in [0.2, 0.25) is 77.3 Å². The molecule has 2 saturated heterocycles. The molecule has 0 radical (unpaired) electrons. The Bertz CT molecular complexity index is 3180. The van der Waals surface area contributed by atoms with Crippen molar-refractivity contribution in [2.45, 2.75) is 248 Å². The lowest BCUT2D eigenvalue weighted by atomic mass is 9.84. The number of halogens is 6. The van der Waals surface area contributed by atoms with Gasteiger partial charge < -0.3 is 60.0 Å². The van der Waals surface area contributed by atoms with Crippen LogP contribution in [0.3, 0.4) is 0 Å². The van der Waals surface area contributed by atoms with E-state index in [2.05, 4.69) is 16.0 Å². The fourth-order valence-corrected chi connectivity index (χ4v) is 15.5. The van der Waals surface area contributed by atoms with E-state index in [0.29, 0.717) is 44.9 Å². The quantitative estimate of drug-likeness (QED) is 0.168. The summed E-state index contributed by atoms with van der Waals surface area (Å²) in [6.07, 6.45) is -2.70. The third kappa shape index (κ3) is 20.4. The standard InChI is InChI=1S/C72H110ClF5N12O12/c1-15-43(4)59-68(100)84(9)44(5)63(95)90-36-33-52(90)67(99)87(12)54(39-45-23-17-16-18-24-45)66(98)83(8)41-57(91)79-50(30-28-46-27-29-48(49(73)38-46)72(76,77)78)64(96)86(11)51(31-32-56(74)75)62(94)81-71(34-21-22-35-71)70(102)89(14)60(47-25-19-20-26-47)69(101)88(13)55(65(97)82(6)7)40-58(92)85(10)53(37-42(2)3)61(93)80-59/h27,29,38,42-45,47,50-56,59-60H,15-26,28,30-37,39-41H2,1-14H3,(H,79,91)(H,80,93)(H,81,94)/t43-,44-,50-,51-,52-,53-,54-,55-,59-,60-/m0/s1. The lowest BCUT2D eigenvalue weighted by Gasteiger charge is -2.45. The first-order chi connectivity index (χ1) is 47.8. The largest absolute Gasteiger partial charge is 0.417 e. The predicted molar refractivity (Wildman–Crippen MR) is 371 cm³/mol. The van der Waals surface area contributed by atoms with Gasteiger partial charge in [0, 0.05) is 76.4 Å². The van der Waals surface area contributed by atoms with Crippen molar-refractivity contribution >= 4 is 82.5 Å². The topological polar surface area (TPSA) is 270 Å². The number of fused-ring (bicyclic) bond motifs is 1. The molecule has 10 atom stereocenters. The molecule has 6 rings (SSSR count). The number of alkyl halides is 5. The zero-order chi connectivity index (χ0) is 76.2. The summed E-state index contributed by atoms with van der Waals surface area (Å²) >= 11 is 6.13. The van der Waals surface area contributed by atoms with Gasteiger partial charge in [0.1, 0.15) is 59.9 Å². The summed E-state index contributed by atoms with van der Waals surface area (Å²) < 4.78 is 70.6. The molecule has 12 amide bonds. The predicted octanol–water partition coefficient (Wildman–Crippen LogP) is 6.52. The molecule has 3 N–H and O–H groups in total. The maximum absolute atomic E-state index is 15.6. The van der Waals surface area contributed by atoms with Crippen LogP contribution in [0.1, 0.15) is 181 Å². The van der Waals surface area contributed by atoms with Gasteiger partial charge in [0.15, 0.2) is 0 Å². The minimum atomic E-state index is -4.82. The molecule has 2 aliphatic heterocycles. The number of nitrogens with zero attached hydrogens (tertiary/aromatic N) is 9. The Labute approximate surface area is 602 Å². The zero-order valence-electron chi connectivity index (χ0n) is 62.0. The van der Waals surface area contributed by atoms with Crippen molar-refractivity contribution in [3.63, 3.8) is 0 Å². The van der Waals surface area contributed by atoms with Crippen LogP contribution < -0.4 is 16.0 Å². The van der Waals surface area contributed by atoms with E-state index in [1.165, 1.54) is 92.7 Å². The molecule has 102 heavy (non-hydrogen) atoms. The van der Waals surface area contributed by atoms with Crippen LogP contribution in [0.4, 0.5) is 22.0 Å². The molecular weight excluding hydrogens is 1360 g/mol. The van der Waals surface area contributed by atoms with Crippen LogP contribution in [0.5, 0.6) is 0 Å². The van der Waals surface area contributed by atoms with Crippen LogP contribution in [-0.4, -0.2) is 258 Å². The second-order valence-electron chi connectivity index (χ2n) is 29.9. The number of nitrogens with one attached hydrogen (secondary N) is 3. The molecule has 5 aliphatic rings. The van der Waals surface area contributed by atoms with E-state index in [9.17, 15) is 60.3 Å². The lowest BCUT2D eigenvalue weighted by Crippen LogP contribution is -2.65. The van der Waals surface area contributed by atoms with E-state index in [4.69, 9.17) is 11.6 Å². The van der Waals surface area contributed by atoms with Crippen molar-refractivity contribution in [1.82, 2.24) is 60.0 Å². The smallest absolute Gasteiger partial charge is 0.347 e. The van der Waals surface area contributed by atoms with Crippen LogP contribution in [-0.2, 0) is 70.1 Å². The number of amides is 12. The van der Waals surface area contributed by atoms with Crippen LogP contribution in [0.2, 0.25) is 5.02 Å². The fraction of sp³-hybridized carbons (Fsp3) is 0.750.